The number of morpholine rings is 1. The fourth-order valence-corrected chi connectivity index (χ4v) is 4.31. The maximum atomic E-state index is 12.2. The molecule has 1 aromatic heterocycles. The molecular weight excluding hydrogens is 402 g/mol. The molecule has 1 aliphatic heterocycles. The Balaban J connectivity index is 1.55. The summed E-state index contributed by atoms with van der Waals surface area (Å²) in [6, 6.07) is 14.3. The summed E-state index contributed by atoms with van der Waals surface area (Å²) in [4.78, 5) is 15.7. The summed E-state index contributed by atoms with van der Waals surface area (Å²) in [5.41, 5.74) is 1.21. The van der Waals surface area contributed by atoms with E-state index in [4.69, 9.17) is 4.74 Å². The van der Waals surface area contributed by atoms with Gasteiger partial charge in [0, 0.05) is 24.5 Å². The molecule has 1 saturated heterocycles. The molecule has 1 unspecified atom stereocenters. The van der Waals surface area contributed by atoms with Crippen LogP contribution < -0.4 is 10.6 Å². The van der Waals surface area contributed by atoms with Crippen LogP contribution >= 0.6 is 27.3 Å². The minimum Gasteiger partial charge on any atom is -0.379 e. The first-order valence-corrected chi connectivity index (χ1v) is 9.96. The third kappa shape index (κ3) is 5.54. The van der Waals surface area contributed by atoms with Crippen LogP contribution in [0.1, 0.15) is 16.5 Å². The number of carbonyl (C=O) groups is 1. The van der Waals surface area contributed by atoms with Crippen LogP contribution in [0.25, 0.3) is 0 Å². The summed E-state index contributed by atoms with van der Waals surface area (Å²) in [5.74, 6) is 0. The number of halogens is 1. The summed E-state index contributed by atoms with van der Waals surface area (Å²) in [6.45, 7) is 4.35. The monoisotopic (exact) mass is 423 g/mol. The van der Waals surface area contributed by atoms with Gasteiger partial charge in [0.1, 0.15) is 0 Å². The van der Waals surface area contributed by atoms with E-state index in [2.05, 4.69) is 43.6 Å². The Kier molecular flexibility index (Phi) is 6.86. The van der Waals surface area contributed by atoms with Gasteiger partial charge in [-0.1, -0.05) is 30.3 Å². The van der Waals surface area contributed by atoms with Crippen LogP contribution in [0, 0.1) is 0 Å². The molecule has 1 aliphatic rings. The van der Waals surface area contributed by atoms with Gasteiger partial charge in [-0.3, -0.25) is 4.90 Å². The van der Waals surface area contributed by atoms with Crippen molar-refractivity contribution in [2.24, 2.45) is 0 Å². The van der Waals surface area contributed by atoms with Crippen LogP contribution in [0.5, 0.6) is 0 Å². The van der Waals surface area contributed by atoms with Crippen LogP contribution in [-0.2, 0) is 11.3 Å². The third-order valence-corrected chi connectivity index (χ3v) is 5.80. The molecule has 2 amide bonds. The van der Waals surface area contributed by atoms with Crippen LogP contribution in [0.3, 0.4) is 0 Å². The summed E-state index contributed by atoms with van der Waals surface area (Å²) >= 11 is 5.06. The maximum Gasteiger partial charge on any atom is 0.315 e. The second-order valence-corrected chi connectivity index (χ2v) is 8.39. The lowest BCUT2D eigenvalue weighted by Crippen LogP contribution is -2.45. The second kappa shape index (κ2) is 9.33. The number of amides is 2. The highest BCUT2D eigenvalue weighted by Crippen LogP contribution is 2.22. The van der Waals surface area contributed by atoms with E-state index in [1.54, 1.807) is 11.3 Å². The van der Waals surface area contributed by atoms with Crippen molar-refractivity contribution in [1.29, 1.82) is 0 Å². The number of benzene rings is 1. The molecule has 0 aliphatic carbocycles. The van der Waals surface area contributed by atoms with Crippen molar-refractivity contribution in [3.63, 3.8) is 0 Å². The normalized spacial score (nSPS) is 16.4. The van der Waals surface area contributed by atoms with E-state index in [-0.39, 0.29) is 12.1 Å². The Bertz CT molecular complexity index is 674. The maximum absolute atomic E-state index is 12.2. The molecule has 3 rings (SSSR count). The minimum absolute atomic E-state index is 0.140. The molecule has 1 fully saturated rings. The molecule has 1 aromatic carbocycles. The lowest BCUT2D eigenvalue weighted by atomic mass is 10.0. The SMILES string of the molecule is O=C(NCc1ccc(Br)s1)NCC(c1ccccc1)N1CCOCC1. The van der Waals surface area contributed by atoms with Gasteiger partial charge in [0.15, 0.2) is 0 Å². The van der Waals surface area contributed by atoms with E-state index < -0.39 is 0 Å². The lowest BCUT2D eigenvalue weighted by Gasteiger charge is -2.34. The number of nitrogens with zero attached hydrogens (tertiary/aromatic N) is 1. The van der Waals surface area contributed by atoms with Gasteiger partial charge in [0.25, 0.3) is 0 Å². The van der Waals surface area contributed by atoms with Gasteiger partial charge in [-0.2, -0.15) is 0 Å². The molecule has 0 spiro atoms. The molecule has 0 radical (unpaired) electrons. The van der Waals surface area contributed by atoms with Gasteiger partial charge in [-0.15, -0.1) is 11.3 Å². The summed E-state index contributed by atoms with van der Waals surface area (Å²) in [6.07, 6.45) is 0. The molecule has 2 N–H and O–H groups in total. The first-order valence-electron chi connectivity index (χ1n) is 8.35. The lowest BCUT2D eigenvalue weighted by molar-refractivity contribution is 0.0167. The summed E-state index contributed by atoms with van der Waals surface area (Å²) in [5, 5.41) is 5.93. The molecule has 1 atom stereocenters. The third-order valence-electron chi connectivity index (χ3n) is 4.18. The number of carbonyl (C=O) groups excluding carboxylic acids is 1. The van der Waals surface area contributed by atoms with Crippen LogP contribution in [-0.4, -0.2) is 43.8 Å². The van der Waals surface area contributed by atoms with Crippen molar-refractivity contribution >= 4 is 33.3 Å². The summed E-state index contributed by atoms with van der Waals surface area (Å²) in [7, 11) is 0. The highest BCUT2D eigenvalue weighted by molar-refractivity contribution is 9.11. The Hall–Kier alpha value is -1.41. The van der Waals surface area contributed by atoms with Crippen molar-refractivity contribution in [2.45, 2.75) is 12.6 Å². The van der Waals surface area contributed by atoms with Gasteiger partial charge >= 0.3 is 6.03 Å². The largest absolute Gasteiger partial charge is 0.379 e. The van der Waals surface area contributed by atoms with Crippen molar-refractivity contribution in [3.05, 3.63) is 56.7 Å². The Labute approximate surface area is 160 Å². The predicted octanol–water partition coefficient (Wildman–Crippen LogP) is 3.38. The number of hydrogen-bond donors (Lipinski definition) is 2. The molecule has 25 heavy (non-hydrogen) atoms. The van der Waals surface area contributed by atoms with E-state index in [9.17, 15) is 4.79 Å². The number of urea groups is 1. The Morgan fingerprint density at radius 1 is 1.16 bits per heavy atom. The highest BCUT2D eigenvalue weighted by atomic mass is 79.9. The van der Waals surface area contributed by atoms with Crippen molar-refractivity contribution in [1.82, 2.24) is 15.5 Å². The first-order chi connectivity index (χ1) is 12.2. The molecular formula is C18H22BrN3O2S. The van der Waals surface area contributed by atoms with Crippen LogP contribution in [0.4, 0.5) is 4.79 Å². The summed E-state index contributed by atoms with van der Waals surface area (Å²) < 4.78 is 6.53. The number of rotatable bonds is 6. The molecule has 134 valence electrons. The minimum atomic E-state index is -0.140. The van der Waals surface area contributed by atoms with Gasteiger partial charge in [0.2, 0.25) is 0 Å². The standard InChI is InChI=1S/C18H22BrN3O2S/c19-17-7-6-15(25-17)12-20-18(23)21-13-16(14-4-2-1-3-5-14)22-8-10-24-11-9-22/h1-7,16H,8-13H2,(H2,20,21,23). The molecule has 0 bridgehead atoms. The number of nitrogens with one attached hydrogen (secondary N) is 2. The van der Waals surface area contributed by atoms with Crippen molar-refractivity contribution < 1.29 is 9.53 Å². The second-order valence-electron chi connectivity index (χ2n) is 5.84. The molecule has 5 nitrogen and oxygen atoms in total. The van der Waals surface area contributed by atoms with Crippen molar-refractivity contribution in [3.8, 4) is 0 Å². The molecule has 7 heteroatoms. The zero-order valence-corrected chi connectivity index (χ0v) is 16.3. The number of thiophene rings is 1. The van der Waals surface area contributed by atoms with Gasteiger partial charge in [-0.25, -0.2) is 4.79 Å². The molecule has 2 aromatic rings. The molecule has 0 saturated carbocycles. The van der Waals surface area contributed by atoms with Crippen molar-refractivity contribution in [2.75, 3.05) is 32.8 Å². The predicted molar refractivity (Wildman–Crippen MR) is 104 cm³/mol. The van der Waals surface area contributed by atoms with E-state index in [0.717, 1.165) is 35.0 Å². The van der Waals surface area contributed by atoms with Crippen LogP contribution in [0.15, 0.2) is 46.3 Å². The quantitative estimate of drug-likeness (QED) is 0.748. The average Bonchev–Trinajstić information content (AvgIpc) is 3.07. The zero-order valence-electron chi connectivity index (χ0n) is 13.9. The number of ether oxygens (including phenoxy) is 1. The van der Waals surface area contributed by atoms with Gasteiger partial charge in [-0.05, 0) is 33.6 Å². The van der Waals surface area contributed by atoms with Gasteiger partial charge in [0.05, 0.1) is 29.6 Å². The average molecular weight is 424 g/mol. The van der Waals surface area contributed by atoms with Gasteiger partial charge < -0.3 is 15.4 Å². The van der Waals surface area contributed by atoms with E-state index >= 15 is 0 Å². The van der Waals surface area contributed by atoms with Crippen LogP contribution in [0.2, 0.25) is 0 Å². The zero-order chi connectivity index (χ0) is 17.5. The van der Waals surface area contributed by atoms with E-state index in [1.165, 1.54) is 5.56 Å². The van der Waals surface area contributed by atoms with E-state index in [1.807, 2.05) is 30.3 Å². The Morgan fingerprint density at radius 3 is 2.60 bits per heavy atom. The fraction of sp³-hybridized carbons (Fsp3) is 0.389. The Morgan fingerprint density at radius 2 is 1.92 bits per heavy atom. The molecule has 2 heterocycles. The first kappa shape index (κ1) is 18.4. The smallest absolute Gasteiger partial charge is 0.315 e. The fourth-order valence-electron chi connectivity index (χ4n) is 2.89. The highest BCUT2D eigenvalue weighted by Gasteiger charge is 2.22. The van der Waals surface area contributed by atoms with E-state index in [0.29, 0.717) is 13.1 Å². The topological polar surface area (TPSA) is 53.6 Å². The number of hydrogen-bond acceptors (Lipinski definition) is 4.